The van der Waals surface area contributed by atoms with Gasteiger partial charge < -0.3 is 0 Å². The summed E-state index contributed by atoms with van der Waals surface area (Å²) in [6.45, 7) is 6.43. The summed E-state index contributed by atoms with van der Waals surface area (Å²) in [5.74, 6) is 6.81. The van der Waals surface area contributed by atoms with Gasteiger partial charge in [0.2, 0.25) is 0 Å². The van der Waals surface area contributed by atoms with Crippen molar-refractivity contribution < 1.29 is 13.2 Å². The van der Waals surface area contributed by atoms with E-state index in [9.17, 15) is 13.2 Å². The molecule has 0 fully saturated rings. The minimum atomic E-state index is -4.48. The average molecular weight is 522 g/mol. The minimum absolute atomic E-state index is 0.127. The second-order valence-corrected chi connectivity index (χ2v) is 21.6. The summed E-state index contributed by atoms with van der Waals surface area (Å²) in [6, 6.07) is 21.4. The number of alkyl halides is 3. The molecule has 3 aromatic carbocycles. The van der Waals surface area contributed by atoms with Crippen LogP contribution in [0.4, 0.5) is 13.2 Å². The van der Waals surface area contributed by atoms with Crippen LogP contribution in [0.2, 0.25) is 17.3 Å². The summed E-state index contributed by atoms with van der Waals surface area (Å²) >= 11 is -2.07. The Bertz CT molecular complexity index is 1340. The first-order chi connectivity index (χ1) is 15.7. The standard InChI is InChI=1S/C29H30F3GeN/c1-28(2,3)25-16-21(15-20-9-7-8-10-23(20)25)27-17-24(26(18-34-27)29(30,31)32)19-11-13-22(14-12-19)33(4,5)6/h7-18H,1-6H3. The normalized spacial score (nSPS) is 12.9. The van der Waals surface area contributed by atoms with Crippen molar-refractivity contribution in [1.82, 2.24) is 4.98 Å². The van der Waals surface area contributed by atoms with Crippen molar-refractivity contribution in [3.63, 3.8) is 0 Å². The number of benzene rings is 3. The number of pyridine rings is 1. The van der Waals surface area contributed by atoms with Crippen LogP contribution in [0.1, 0.15) is 31.9 Å². The van der Waals surface area contributed by atoms with E-state index >= 15 is 0 Å². The topological polar surface area (TPSA) is 12.9 Å². The molecule has 0 spiro atoms. The molecule has 0 N–H and O–H groups in total. The first-order valence-corrected chi connectivity index (χ1v) is 18.8. The summed E-state index contributed by atoms with van der Waals surface area (Å²) in [5.41, 5.74) is 2.39. The summed E-state index contributed by atoms with van der Waals surface area (Å²) in [4.78, 5) is 4.28. The predicted octanol–water partition coefficient (Wildman–Crippen LogP) is 8.43. The SMILES string of the molecule is CC(C)(C)c1cc(-c2cc(-c3cc[c]([Ge]([CH3])([CH3])[CH3])cc3)c(C(F)(F)F)cn2)cc2ccccc12. The Kier molecular flexibility index (Phi) is 6.18. The Morgan fingerprint density at radius 1 is 0.735 bits per heavy atom. The van der Waals surface area contributed by atoms with Crippen LogP contribution in [0.3, 0.4) is 0 Å². The first kappa shape index (κ1) is 24.5. The zero-order valence-corrected chi connectivity index (χ0v) is 22.6. The summed E-state index contributed by atoms with van der Waals surface area (Å²) in [5, 5.41) is 2.20. The number of fused-ring (bicyclic) bond motifs is 1. The fraction of sp³-hybridized carbons (Fsp3) is 0.276. The van der Waals surface area contributed by atoms with Gasteiger partial charge in [0.25, 0.3) is 0 Å². The summed E-state index contributed by atoms with van der Waals surface area (Å²) < 4.78 is 43.1. The Morgan fingerprint density at radius 2 is 1.38 bits per heavy atom. The number of halogens is 3. The molecule has 0 aliphatic heterocycles. The van der Waals surface area contributed by atoms with Crippen molar-refractivity contribution in [2.45, 2.75) is 49.6 Å². The molecule has 0 saturated heterocycles. The van der Waals surface area contributed by atoms with Crippen LogP contribution in [-0.4, -0.2) is 18.3 Å². The van der Waals surface area contributed by atoms with Crippen LogP contribution in [0, 0.1) is 0 Å². The molecule has 0 unspecified atom stereocenters. The number of nitrogens with zero attached hydrogens (tertiary/aromatic N) is 1. The molecule has 176 valence electrons. The van der Waals surface area contributed by atoms with E-state index in [0.717, 1.165) is 28.1 Å². The van der Waals surface area contributed by atoms with E-state index < -0.39 is 25.0 Å². The van der Waals surface area contributed by atoms with E-state index in [4.69, 9.17) is 0 Å². The van der Waals surface area contributed by atoms with E-state index in [1.165, 1.54) is 4.40 Å². The maximum absolute atomic E-state index is 13.9. The van der Waals surface area contributed by atoms with Crippen molar-refractivity contribution in [3.8, 4) is 22.4 Å². The first-order valence-electron chi connectivity index (χ1n) is 11.5. The molecule has 5 heteroatoms. The molecule has 0 radical (unpaired) electrons. The Hall–Kier alpha value is -2.60. The van der Waals surface area contributed by atoms with Gasteiger partial charge in [-0.2, -0.15) is 0 Å². The van der Waals surface area contributed by atoms with Crippen LogP contribution >= 0.6 is 0 Å². The monoisotopic (exact) mass is 523 g/mol. The van der Waals surface area contributed by atoms with Crippen molar-refractivity contribution in [1.29, 1.82) is 0 Å². The van der Waals surface area contributed by atoms with Gasteiger partial charge in [0.15, 0.2) is 0 Å². The molecule has 0 aliphatic rings. The third-order valence-corrected chi connectivity index (χ3v) is 10.6. The van der Waals surface area contributed by atoms with E-state index in [0.29, 0.717) is 11.3 Å². The van der Waals surface area contributed by atoms with Crippen LogP contribution in [-0.2, 0) is 11.6 Å². The molecule has 1 aromatic heterocycles. The van der Waals surface area contributed by atoms with Crippen molar-refractivity contribution in [2.24, 2.45) is 0 Å². The molecule has 0 aliphatic carbocycles. The molecule has 0 atom stereocenters. The quantitative estimate of drug-likeness (QED) is 0.246. The van der Waals surface area contributed by atoms with Crippen molar-refractivity contribution >= 4 is 28.4 Å². The van der Waals surface area contributed by atoms with Gasteiger partial charge in [-0.25, -0.2) is 0 Å². The maximum atomic E-state index is 13.9. The number of rotatable bonds is 3. The Labute approximate surface area is 202 Å². The number of hydrogen-bond acceptors (Lipinski definition) is 1. The second kappa shape index (κ2) is 8.56. The molecular weight excluding hydrogens is 492 g/mol. The van der Waals surface area contributed by atoms with E-state index in [2.05, 4.69) is 55.2 Å². The van der Waals surface area contributed by atoms with E-state index in [-0.39, 0.29) is 11.0 Å². The van der Waals surface area contributed by atoms with Gasteiger partial charge in [-0.15, -0.1) is 0 Å². The van der Waals surface area contributed by atoms with Crippen LogP contribution in [0.15, 0.2) is 72.9 Å². The fourth-order valence-electron chi connectivity index (χ4n) is 4.31. The molecule has 0 saturated carbocycles. The van der Waals surface area contributed by atoms with E-state index in [1.807, 2.05) is 48.5 Å². The van der Waals surface area contributed by atoms with Gasteiger partial charge in [-0.1, -0.05) is 6.07 Å². The molecule has 1 nitrogen and oxygen atoms in total. The van der Waals surface area contributed by atoms with Crippen molar-refractivity contribution in [3.05, 3.63) is 84.1 Å². The third kappa shape index (κ3) is 4.92. The third-order valence-electron chi connectivity index (χ3n) is 6.24. The Balaban J connectivity index is 1.92. The molecule has 4 rings (SSSR count). The van der Waals surface area contributed by atoms with Crippen molar-refractivity contribution in [2.75, 3.05) is 0 Å². The summed E-state index contributed by atoms with van der Waals surface area (Å²) in [7, 11) is 0. The fourth-order valence-corrected chi connectivity index (χ4v) is 6.75. The second-order valence-electron chi connectivity index (χ2n) is 10.9. The number of aromatic nitrogens is 1. The molecule has 4 aromatic rings. The van der Waals surface area contributed by atoms with Gasteiger partial charge in [0.1, 0.15) is 0 Å². The number of hydrogen-bond donors (Lipinski definition) is 0. The van der Waals surface area contributed by atoms with Crippen LogP contribution in [0.5, 0.6) is 0 Å². The molecule has 0 amide bonds. The molecular formula is C29H30F3GeN. The Morgan fingerprint density at radius 3 is 1.97 bits per heavy atom. The van der Waals surface area contributed by atoms with Gasteiger partial charge in [-0.3, -0.25) is 0 Å². The van der Waals surface area contributed by atoms with Gasteiger partial charge in [0, 0.05) is 0 Å². The van der Waals surface area contributed by atoms with Crippen LogP contribution in [0.25, 0.3) is 33.2 Å². The van der Waals surface area contributed by atoms with Crippen LogP contribution < -0.4 is 4.40 Å². The zero-order chi connectivity index (χ0) is 24.9. The van der Waals surface area contributed by atoms with E-state index in [1.54, 1.807) is 6.07 Å². The predicted molar refractivity (Wildman–Crippen MR) is 139 cm³/mol. The van der Waals surface area contributed by atoms with Gasteiger partial charge in [-0.05, 0) is 0 Å². The van der Waals surface area contributed by atoms with Gasteiger partial charge in [0.05, 0.1) is 0 Å². The molecule has 1 heterocycles. The zero-order valence-electron chi connectivity index (χ0n) is 20.5. The molecule has 34 heavy (non-hydrogen) atoms. The van der Waals surface area contributed by atoms with Gasteiger partial charge >= 0.3 is 197 Å². The molecule has 0 bridgehead atoms. The summed E-state index contributed by atoms with van der Waals surface area (Å²) in [6.07, 6.45) is -3.51. The average Bonchev–Trinajstić information content (AvgIpc) is 2.76.